The van der Waals surface area contributed by atoms with Crippen LogP contribution in [0.4, 0.5) is 5.69 Å². The number of hydrogen-bond acceptors (Lipinski definition) is 5. The van der Waals surface area contributed by atoms with Crippen LogP contribution < -0.4 is 15.4 Å². The van der Waals surface area contributed by atoms with Gasteiger partial charge in [0, 0.05) is 25.3 Å². The van der Waals surface area contributed by atoms with E-state index in [0.717, 1.165) is 17.9 Å². The molecule has 0 aromatic heterocycles. The molecule has 0 atom stereocenters. The number of hydrogen-bond donors (Lipinski definition) is 2. The molecule has 0 radical (unpaired) electrons. The van der Waals surface area contributed by atoms with Gasteiger partial charge in [-0.15, -0.1) is 0 Å². The molecule has 29 heavy (non-hydrogen) atoms. The van der Waals surface area contributed by atoms with Crippen LogP contribution in [-0.4, -0.2) is 57.8 Å². The SMILES string of the molecule is COc1ccc(CCNC(=S)Nc2ccc(S(=O)(=O)N3CCOCC3)cc2)cc1. The standard InChI is InChI=1S/C20H25N3O4S2/c1-26-18-6-2-16(3-7-18)10-11-21-20(28)22-17-4-8-19(9-5-17)29(24,25)23-12-14-27-15-13-23/h2-9H,10-15H2,1H3,(H2,21,22,28). The van der Waals surface area contributed by atoms with Crippen molar-refractivity contribution in [2.24, 2.45) is 0 Å². The van der Waals surface area contributed by atoms with Crippen LogP contribution in [0.5, 0.6) is 5.75 Å². The van der Waals surface area contributed by atoms with Crippen molar-refractivity contribution >= 4 is 33.0 Å². The van der Waals surface area contributed by atoms with Crippen LogP contribution in [0.2, 0.25) is 0 Å². The Morgan fingerprint density at radius 3 is 2.38 bits per heavy atom. The van der Waals surface area contributed by atoms with Crippen molar-refractivity contribution < 1.29 is 17.9 Å². The van der Waals surface area contributed by atoms with Crippen LogP contribution in [0.3, 0.4) is 0 Å². The van der Waals surface area contributed by atoms with Crippen LogP contribution in [0.15, 0.2) is 53.4 Å². The average molecular weight is 436 g/mol. The first-order valence-corrected chi connectivity index (χ1v) is 11.2. The number of morpholine rings is 1. The van der Waals surface area contributed by atoms with Crippen LogP contribution in [0.25, 0.3) is 0 Å². The van der Waals surface area contributed by atoms with Crippen molar-refractivity contribution in [3.8, 4) is 5.75 Å². The summed E-state index contributed by atoms with van der Waals surface area (Å²) in [6.07, 6.45) is 0.822. The molecule has 2 aromatic carbocycles. The zero-order valence-corrected chi connectivity index (χ0v) is 17.9. The van der Waals surface area contributed by atoms with E-state index < -0.39 is 10.0 Å². The Balaban J connectivity index is 1.49. The van der Waals surface area contributed by atoms with E-state index in [-0.39, 0.29) is 4.90 Å². The van der Waals surface area contributed by atoms with E-state index in [1.54, 1.807) is 31.4 Å². The Labute approximate surface area is 177 Å². The lowest BCUT2D eigenvalue weighted by atomic mass is 10.1. The molecule has 0 bridgehead atoms. The number of nitrogens with zero attached hydrogens (tertiary/aromatic N) is 1. The van der Waals surface area contributed by atoms with Gasteiger partial charge in [0.2, 0.25) is 10.0 Å². The van der Waals surface area contributed by atoms with Gasteiger partial charge in [-0.2, -0.15) is 4.31 Å². The normalized spacial score (nSPS) is 14.9. The van der Waals surface area contributed by atoms with E-state index in [9.17, 15) is 8.42 Å². The van der Waals surface area contributed by atoms with E-state index in [4.69, 9.17) is 21.7 Å². The van der Waals surface area contributed by atoms with Crippen molar-refractivity contribution in [1.82, 2.24) is 9.62 Å². The fourth-order valence-electron chi connectivity index (χ4n) is 2.93. The predicted molar refractivity (Wildman–Crippen MR) is 117 cm³/mol. The summed E-state index contributed by atoms with van der Waals surface area (Å²) in [6, 6.07) is 14.5. The predicted octanol–water partition coefficient (Wildman–Crippen LogP) is 2.25. The maximum atomic E-state index is 12.6. The number of methoxy groups -OCH3 is 1. The van der Waals surface area contributed by atoms with E-state index in [2.05, 4.69) is 10.6 Å². The first-order chi connectivity index (χ1) is 14.0. The van der Waals surface area contributed by atoms with Crippen molar-refractivity contribution in [2.45, 2.75) is 11.3 Å². The molecule has 1 fully saturated rings. The Morgan fingerprint density at radius 1 is 1.10 bits per heavy atom. The quantitative estimate of drug-likeness (QED) is 0.646. The molecule has 0 spiro atoms. The molecule has 1 aliphatic rings. The number of rotatable bonds is 7. The summed E-state index contributed by atoms with van der Waals surface area (Å²) in [4.78, 5) is 0.267. The maximum absolute atomic E-state index is 12.6. The Bertz CT molecular complexity index is 910. The van der Waals surface area contributed by atoms with Crippen molar-refractivity contribution in [3.63, 3.8) is 0 Å². The number of anilines is 1. The second-order valence-electron chi connectivity index (χ2n) is 6.52. The molecule has 1 aliphatic heterocycles. The summed E-state index contributed by atoms with van der Waals surface area (Å²) >= 11 is 5.32. The van der Waals surface area contributed by atoms with Gasteiger partial charge >= 0.3 is 0 Å². The van der Waals surface area contributed by atoms with Crippen LogP contribution in [0.1, 0.15) is 5.56 Å². The molecule has 9 heteroatoms. The highest BCUT2D eigenvalue weighted by Crippen LogP contribution is 2.19. The van der Waals surface area contributed by atoms with Gasteiger partial charge in [-0.25, -0.2) is 8.42 Å². The van der Waals surface area contributed by atoms with E-state index in [0.29, 0.717) is 38.0 Å². The summed E-state index contributed by atoms with van der Waals surface area (Å²) in [6.45, 7) is 2.29. The Kier molecular flexibility index (Phi) is 7.43. The molecule has 1 saturated heterocycles. The maximum Gasteiger partial charge on any atom is 0.243 e. The molecule has 156 valence electrons. The minimum atomic E-state index is -3.49. The number of nitrogens with one attached hydrogen (secondary N) is 2. The lowest BCUT2D eigenvalue weighted by Gasteiger charge is -2.26. The summed E-state index contributed by atoms with van der Waals surface area (Å²) in [5.41, 5.74) is 1.91. The zero-order valence-electron chi connectivity index (χ0n) is 16.3. The summed E-state index contributed by atoms with van der Waals surface area (Å²) < 4.78 is 37.1. The molecule has 0 aliphatic carbocycles. The van der Waals surface area contributed by atoms with Gasteiger partial charge in [-0.1, -0.05) is 12.1 Å². The van der Waals surface area contributed by atoms with Crippen LogP contribution >= 0.6 is 12.2 Å². The summed E-state index contributed by atoms with van der Waals surface area (Å²) in [7, 11) is -1.84. The highest BCUT2D eigenvalue weighted by Gasteiger charge is 2.26. The molecule has 7 nitrogen and oxygen atoms in total. The van der Waals surface area contributed by atoms with Crippen molar-refractivity contribution in [1.29, 1.82) is 0 Å². The van der Waals surface area contributed by atoms with E-state index >= 15 is 0 Å². The second kappa shape index (κ2) is 10.0. The lowest BCUT2D eigenvalue weighted by Crippen LogP contribution is -2.40. The minimum absolute atomic E-state index is 0.267. The van der Waals surface area contributed by atoms with Gasteiger partial charge in [-0.05, 0) is 60.6 Å². The minimum Gasteiger partial charge on any atom is -0.497 e. The van der Waals surface area contributed by atoms with Gasteiger partial charge in [0.05, 0.1) is 25.2 Å². The first kappa shape index (κ1) is 21.5. The third-order valence-corrected chi connectivity index (χ3v) is 6.74. The fourth-order valence-corrected chi connectivity index (χ4v) is 4.56. The molecule has 0 unspecified atom stereocenters. The molecule has 2 aromatic rings. The van der Waals surface area contributed by atoms with Gasteiger partial charge < -0.3 is 20.1 Å². The molecule has 1 heterocycles. The third-order valence-electron chi connectivity index (χ3n) is 4.58. The lowest BCUT2D eigenvalue weighted by molar-refractivity contribution is 0.0730. The molecule has 0 amide bonds. The van der Waals surface area contributed by atoms with Crippen LogP contribution in [-0.2, 0) is 21.2 Å². The van der Waals surface area contributed by atoms with Gasteiger partial charge in [0.25, 0.3) is 0 Å². The van der Waals surface area contributed by atoms with Gasteiger partial charge in [-0.3, -0.25) is 0 Å². The monoisotopic (exact) mass is 435 g/mol. The van der Waals surface area contributed by atoms with Gasteiger partial charge in [0.15, 0.2) is 5.11 Å². The van der Waals surface area contributed by atoms with E-state index in [1.165, 1.54) is 9.87 Å². The third kappa shape index (κ3) is 5.89. The number of benzene rings is 2. The van der Waals surface area contributed by atoms with Gasteiger partial charge in [0.1, 0.15) is 5.75 Å². The molecule has 2 N–H and O–H groups in total. The number of ether oxygens (including phenoxy) is 2. The summed E-state index contributed by atoms with van der Waals surface area (Å²) in [5.74, 6) is 0.831. The molecule has 3 rings (SSSR count). The largest absolute Gasteiger partial charge is 0.497 e. The Hall–Kier alpha value is -2.20. The highest BCUT2D eigenvalue weighted by molar-refractivity contribution is 7.89. The first-order valence-electron chi connectivity index (χ1n) is 9.35. The molecular formula is C20H25N3O4S2. The fraction of sp³-hybridized carbons (Fsp3) is 0.350. The van der Waals surface area contributed by atoms with E-state index in [1.807, 2.05) is 24.3 Å². The Morgan fingerprint density at radius 2 is 1.76 bits per heavy atom. The van der Waals surface area contributed by atoms with Crippen LogP contribution in [0, 0.1) is 0 Å². The number of sulfonamides is 1. The summed E-state index contributed by atoms with van der Waals surface area (Å²) in [5, 5.41) is 6.72. The van der Waals surface area contributed by atoms with Crippen molar-refractivity contribution in [2.75, 3.05) is 45.3 Å². The zero-order chi connectivity index (χ0) is 20.7. The smallest absolute Gasteiger partial charge is 0.243 e. The topological polar surface area (TPSA) is 79.9 Å². The molecular weight excluding hydrogens is 410 g/mol. The average Bonchev–Trinajstić information content (AvgIpc) is 2.75. The molecule has 0 saturated carbocycles. The van der Waals surface area contributed by atoms with Crippen molar-refractivity contribution in [3.05, 3.63) is 54.1 Å². The number of thiocarbonyl (C=S) groups is 1. The highest BCUT2D eigenvalue weighted by atomic mass is 32.2. The second-order valence-corrected chi connectivity index (χ2v) is 8.87.